The normalized spacial score (nSPS) is 16.2. The molecule has 37 heavy (non-hydrogen) atoms. The molecule has 9 heteroatoms. The van der Waals surface area contributed by atoms with E-state index in [0.29, 0.717) is 18.0 Å². The topological polar surface area (TPSA) is 92.2 Å². The fraction of sp³-hybridized carbons (Fsp3) is 0.429. The SMILES string of the molecule is CCOc1ccc2[nH]c(=O)c([C@@H](c3nnnn3C(C)(C)C)N3CCN(Cc4ccccc4)CC3)cc2c1. The van der Waals surface area contributed by atoms with E-state index in [1.54, 1.807) is 0 Å². The molecule has 0 amide bonds. The first-order chi connectivity index (χ1) is 17.8. The van der Waals surface area contributed by atoms with E-state index in [1.165, 1.54) is 5.56 Å². The number of aromatic nitrogens is 5. The number of benzene rings is 2. The molecule has 194 valence electrons. The second-order valence-electron chi connectivity index (χ2n) is 10.6. The van der Waals surface area contributed by atoms with Gasteiger partial charge < -0.3 is 9.72 Å². The van der Waals surface area contributed by atoms with Crippen LogP contribution >= 0.6 is 0 Å². The lowest BCUT2D eigenvalue weighted by Crippen LogP contribution is -2.49. The third-order valence-corrected chi connectivity index (χ3v) is 6.84. The van der Waals surface area contributed by atoms with Gasteiger partial charge in [0.05, 0.1) is 12.1 Å². The summed E-state index contributed by atoms with van der Waals surface area (Å²) in [6, 6.07) is 17.9. The van der Waals surface area contributed by atoms with Crippen LogP contribution in [0.2, 0.25) is 0 Å². The molecule has 1 N–H and O–H groups in total. The Morgan fingerprint density at radius 1 is 1.03 bits per heavy atom. The Morgan fingerprint density at radius 3 is 2.49 bits per heavy atom. The number of tetrazole rings is 1. The van der Waals surface area contributed by atoms with Crippen LogP contribution in [0.4, 0.5) is 0 Å². The fourth-order valence-electron chi connectivity index (χ4n) is 5.02. The van der Waals surface area contributed by atoms with Gasteiger partial charge in [0.15, 0.2) is 5.82 Å². The summed E-state index contributed by atoms with van der Waals surface area (Å²) in [7, 11) is 0. The highest BCUT2D eigenvalue weighted by molar-refractivity contribution is 5.80. The Morgan fingerprint density at radius 2 is 1.78 bits per heavy atom. The van der Waals surface area contributed by atoms with Crippen molar-refractivity contribution in [2.75, 3.05) is 32.8 Å². The number of piperazine rings is 1. The van der Waals surface area contributed by atoms with E-state index in [-0.39, 0.29) is 17.1 Å². The van der Waals surface area contributed by atoms with Gasteiger partial charge in [0.25, 0.3) is 5.56 Å². The largest absolute Gasteiger partial charge is 0.494 e. The highest BCUT2D eigenvalue weighted by Gasteiger charge is 2.35. The Bertz CT molecular complexity index is 1400. The maximum Gasteiger partial charge on any atom is 0.253 e. The molecule has 1 atom stereocenters. The average molecular weight is 502 g/mol. The van der Waals surface area contributed by atoms with Crippen LogP contribution in [0.5, 0.6) is 5.75 Å². The van der Waals surface area contributed by atoms with Crippen molar-refractivity contribution < 1.29 is 4.74 Å². The first-order valence-corrected chi connectivity index (χ1v) is 12.9. The number of rotatable bonds is 7. The molecular weight excluding hydrogens is 466 g/mol. The number of ether oxygens (including phenoxy) is 1. The molecule has 0 spiro atoms. The number of aromatic amines is 1. The third-order valence-electron chi connectivity index (χ3n) is 6.84. The van der Waals surface area contributed by atoms with Gasteiger partial charge in [0.2, 0.25) is 0 Å². The molecular formula is C28H35N7O2. The number of fused-ring (bicyclic) bond motifs is 1. The van der Waals surface area contributed by atoms with Crippen LogP contribution in [-0.2, 0) is 12.1 Å². The van der Waals surface area contributed by atoms with Crippen LogP contribution < -0.4 is 10.3 Å². The van der Waals surface area contributed by atoms with Gasteiger partial charge in [-0.15, -0.1) is 5.10 Å². The highest BCUT2D eigenvalue weighted by Crippen LogP contribution is 2.31. The second-order valence-corrected chi connectivity index (χ2v) is 10.6. The Hall–Kier alpha value is -3.56. The summed E-state index contributed by atoms with van der Waals surface area (Å²) < 4.78 is 7.55. The monoisotopic (exact) mass is 501 g/mol. The Kier molecular flexibility index (Phi) is 7.08. The van der Waals surface area contributed by atoms with Gasteiger partial charge in [-0.3, -0.25) is 14.6 Å². The predicted octanol–water partition coefficient (Wildman–Crippen LogP) is 3.58. The molecule has 2 aromatic heterocycles. The Balaban J connectivity index is 1.51. The van der Waals surface area contributed by atoms with E-state index in [9.17, 15) is 4.79 Å². The van der Waals surface area contributed by atoms with E-state index in [1.807, 2.05) is 41.9 Å². The van der Waals surface area contributed by atoms with Crippen LogP contribution in [0.15, 0.2) is 59.4 Å². The summed E-state index contributed by atoms with van der Waals surface area (Å²) in [5.41, 5.74) is 2.26. The molecule has 0 unspecified atom stereocenters. The summed E-state index contributed by atoms with van der Waals surface area (Å²) in [6.07, 6.45) is 0. The fourth-order valence-corrected chi connectivity index (χ4v) is 5.02. The summed E-state index contributed by atoms with van der Waals surface area (Å²) in [5.74, 6) is 1.45. The zero-order valence-corrected chi connectivity index (χ0v) is 22.0. The first-order valence-electron chi connectivity index (χ1n) is 12.9. The van der Waals surface area contributed by atoms with Gasteiger partial charge in [0, 0.05) is 49.2 Å². The van der Waals surface area contributed by atoms with Gasteiger partial charge in [-0.05, 0) is 68.0 Å². The van der Waals surface area contributed by atoms with Crippen LogP contribution in [0.25, 0.3) is 10.9 Å². The zero-order chi connectivity index (χ0) is 26.0. The molecule has 1 fully saturated rings. The lowest BCUT2D eigenvalue weighted by molar-refractivity contribution is 0.0975. The number of hydrogen-bond acceptors (Lipinski definition) is 7. The number of pyridine rings is 1. The summed E-state index contributed by atoms with van der Waals surface area (Å²) >= 11 is 0. The van der Waals surface area contributed by atoms with E-state index in [0.717, 1.165) is 49.4 Å². The van der Waals surface area contributed by atoms with E-state index in [4.69, 9.17) is 4.74 Å². The average Bonchev–Trinajstić information content (AvgIpc) is 3.37. The lowest BCUT2D eigenvalue weighted by atomic mass is 10.0. The quantitative estimate of drug-likeness (QED) is 0.414. The van der Waals surface area contributed by atoms with Crippen molar-refractivity contribution in [2.24, 2.45) is 0 Å². The molecule has 0 bridgehead atoms. The molecule has 2 aromatic carbocycles. The van der Waals surface area contributed by atoms with Crippen LogP contribution in [0.1, 0.15) is 50.7 Å². The maximum atomic E-state index is 13.5. The van der Waals surface area contributed by atoms with E-state index >= 15 is 0 Å². The van der Waals surface area contributed by atoms with Crippen LogP contribution in [0, 0.1) is 0 Å². The minimum absolute atomic E-state index is 0.128. The van der Waals surface area contributed by atoms with Crippen molar-refractivity contribution in [3.8, 4) is 5.75 Å². The van der Waals surface area contributed by atoms with Crippen LogP contribution in [0.3, 0.4) is 0 Å². The standard InChI is InChI=1S/C28H35N7O2/c1-5-37-22-11-12-24-21(17-22)18-23(27(36)29-24)25(26-30-31-32-35(26)28(2,3)4)34-15-13-33(14-16-34)19-20-9-7-6-8-10-20/h6-12,17-18,25H,5,13-16,19H2,1-4H3,(H,29,36)/t25-/m0/s1. The van der Waals surface area contributed by atoms with Gasteiger partial charge in [-0.25, -0.2) is 4.68 Å². The van der Waals surface area contributed by atoms with Crippen molar-refractivity contribution in [1.29, 1.82) is 0 Å². The summed E-state index contributed by atoms with van der Waals surface area (Å²) in [4.78, 5) is 21.4. The highest BCUT2D eigenvalue weighted by atomic mass is 16.5. The number of nitrogens with zero attached hydrogens (tertiary/aromatic N) is 6. The number of hydrogen-bond donors (Lipinski definition) is 1. The molecule has 1 aliphatic rings. The predicted molar refractivity (Wildman–Crippen MR) is 144 cm³/mol. The minimum atomic E-state index is -0.378. The van der Waals surface area contributed by atoms with Crippen molar-refractivity contribution >= 4 is 10.9 Å². The maximum absolute atomic E-state index is 13.5. The van der Waals surface area contributed by atoms with E-state index in [2.05, 4.69) is 75.3 Å². The number of nitrogens with one attached hydrogen (secondary N) is 1. The number of H-pyrrole nitrogens is 1. The molecule has 9 nitrogen and oxygen atoms in total. The lowest BCUT2D eigenvalue weighted by Gasteiger charge is -2.39. The molecule has 0 aliphatic carbocycles. The van der Waals surface area contributed by atoms with Crippen molar-refractivity contribution in [3.05, 3.63) is 81.9 Å². The molecule has 1 aliphatic heterocycles. The summed E-state index contributed by atoms with van der Waals surface area (Å²) in [6.45, 7) is 13.0. The van der Waals surface area contributed by atoms with Gasteiger partial charge in [-0.1, -0.05) is 30.3 Å². The third kappa shape index (κ3) is 5.42. The Labute approximate surface area is 217 Å². The summed E-state index contributed by atoms with van der Waals surface area (Å²) in [5, 5.41) is 13.7. The minimum Gasteiger partial charge on any atom is -0.494 e. The smallest absolute Gasteiger partial charge is 0.253 e. The van der Waals surface area contributed by atoms with Crippen molar-refractivity contribution in [2.45, 2.75) is 45.8 Å². The zero-order valence-electron chi connectivity index (χ0n) is 22.0. The molecule has 1 saturated heterocycles. The van der Waals surface area contributed by atoms with Gasteiger partial charge >= 0.3 is 0 Å². The first kappa shape index (κ1) is 25.1. The van der Waals surface area contributed by atoms with Crippen LogP contribution in [-0.4, -0.2) is 67.8 Å². The molecule has 3 heterocycles. The van der Waals surface area contributed by atoms with Crippen molar-refractivity contribution in [1.82, 2.24) is 35.0 Å². The van der Waals surface area contributed by atoms with Gasteiger partial charge in [0.1, 0.15) is 11.8 Å². The molecule has 0 saturated carbocycles. The van der Waals surface area contributed by atoms with Crippen molar-refractivity contribution in [3.63, 3.8) is 0 Å². The second kappa shape index (κ2) is 10.4. The molecule has 4 aromatic rings. The van der Waals surface area contributed by atoms with Gasteiger partial charge in [-0.2, -0.15) is 0 Å². The van der Waals surface area contributed by atoms with E-state index < -0.39 is 0 Å². The molecule has 5 rings (SSSR count). The molecule has 0 radical (unpaired) electrons.